The minimum absolute atomic E-state index is 0.120. The SMILES string of the molecule is Cn1ncc(-c2ccc3c(c2)CN(C2CCC(=O)NC2O)C3=O)c1-c1ccc(Cl)cc1. The molecule has 2 atom stereocenters. The largest absolute Gasteiger partial charge is 0.372 e. The molecule has 2 aromatic carbocycles. The fraction of sp³-hybridized carbons (Fsp3) is 0.261. The minimum Gasteiger partial charge on any atom is -0.372 e. The number of carbonyl (C=O) groups is 2. The highest BCUT2D eigenvalue weighted by Gasteiger charge is 2.39. The predicted molar refractivity (Wildman–Crippen MR) is 116 cm³/mol. The van der Waals surface area contributed by atoms with Gasteiger partial charge in [-0.3, -0.25) is 14.3 Å². The molecule has 1 aromatic heterocycles. The molecule has 0 radical (unpaired) electrons. The molecular formula is C23H21ClN4O3. The summed E-state index contributed by atoms with van der Waals surface area (Å²) in [7, 11) is 1.89. The third kappa shape index (κ3) is 3.40. The molecule has 1 fully saturated rings. The molecular weight excluding hydrogens is 416 g/mol. The molecule has 1 saturated heterocycles. The van der Waals surface area contributed by atoms with Crippen LogP contribution in [0.3, 0.4) is 0 Å². The van der Waals surface area contributed by atoms with Crippen molar-refractivity contribution in [1.82, 2.24) is 20.0 Å². The number of carbonyl (C=O) groups excluding carboxylic acids is 2. The number of nitrogens with one attached hydrogen (secondary N) is 1. The van der Waals surface area contributed by atoms with E-state index in [1.165, 1.54) is 0 Å². The van der Waals surface area contributed by atoms with E-state index >= 15 is 0 Å². The summed E-state index contributed by atoms with van der Waals surface area (Å²) in [5.74, 6) is -0.313. The van der Waals surface area contributed by atoms with Crippen molar-refractivity contribution in [3.05, 3.63) is 64.8 Å². The Hall–Kier alpha value is -3.16. The monoisotopic (exact) mass is 436 g/mol. The number of hydrogen-bond acceptors (Lipinski definition) is 4. The number of halogens is 1. The number of hydrogen-bond donors (Lipinski definition) is 2. The first-order chi connectivity index (χ1) is 14.9. The van der Waals surface area contributed by atoms with E-state index < -0.39 is 12.3 Å². The summed E-state index contributed by atoms with van der Waals surface area (Å²) in [6, 6.07) is 13.0. The normalized spacial score (nSPS) is 20.7. The second-order valence-electron chi connectivity index (χ2n) is 7.96. The second kappa shape index (κ2) is 7.51. The van der Waals surface area contributed by atoms with Crippen molar-refractivity contribution in [2.75, 3.05) is 0 Å². The van der Waals surface area contributed by atoms with Crippen LogP contribution < -0.4 is 5.32 Å². The van der Waals surface area contributed by atoms with Gasteiger partial charge in [0.05, 0.1) is 17.9 Å². The van der Waals surface area contributed by atoms with E-state index in [9.17, 15) is 14.7 Å². The van der Waals surface area contributed by atoms with Crippen LogP contribution in [0.5, 0.6) is 0 Å². The smallest absolute Gasteiger partial charge is 0.254 e. The van der Waals surface area contributed by atoms with Crippen LogP contribution >= 0.6 is 11.6 Å². The zero-order valence-electron chi connectivity index (χ0n) is 16.9. The zero-order chi connectivity index (χ0) is 21.7. The molecule has 3 aromatic rings. The number of rotatable bonds is 3. The average molecular weight is 437 g/mol. The molecule has 2 aliphatic heterocycles. The zero-order valence-corrected chi connectivity index (χ0v) is 17.6. The first-order valence-corrected chi connectivity index (χ1v) is 10.5. The van der Waals surface area contributed by atoms with Crippen LogP contribution in [0.15, 0.2) is 48.7 Å². The van der Waals surface area contributed by atoms with Crippen molar-refractivity contribution in [1.29, 1.82) is 0 Å². The maximum Gasteiger partial charge on any atom is 0.254 e. The van der Waals surface area contributed by atoms with E-state index in [1.807, 2.05) is 60.4 Å². The van der Waals surface area contributed by atoms with Crippen molar-refractivity contribution in [2.45, 2.75) is 31.7 Å². The standard InChI is InChI=1S/C23H21ClN4O3/c1-27-21(13-2-5-16(24)6-3-13)18(11-25-27)14-4-7-17-15(10-14)12-28(23(17)31)19-8-9-20(29)26-22(19)30/h2-7,10-11,19,22,30H,8-9,12H2,1H3,(H,26,29). The molecule has 8 heteroatoms. The number of aromatic nitrogens is 2. The number of amides is 2. The number of aliphatic hydroxyl groups excluding tert-OH is 1. The van der Waals surface area contributed by atoms with Crippen LogP contribution in [0, 0.1) is 0 Å². The Morgan fingerprint density at radius 2 is 1.84 bits per heavy atom. The fourth-order valence-electron chi connectivity index (χ4n) is 4.47. The van der Waals surface area contributed by atoms with E-state index in [2.05, 4.69) is 10.4 Å². The van der Waals surface area contributed by atoms with Crippen molar-refractivity contribution < 1.29 is 14.7 Å². The molecule has 158 valence electrons. The topological polar surface area (TPSA) is 87.5 Å². The Kier molecular flexibility index (Phi) is 4.79. The van der Waals surface area contributed by atoms with E-state index in [1.54, 1.807) is 4.90 Å². The van der Waals surface area contributed by atoms with Crippen LogP contribution in [0.4, 0.5) is 0 Å². The number of nitrogens with zero attached hydrogens (tertiary/aromatic N) is 3. The number of fused-ring (bicyclic) bond motifs is 1. The maximum absolute atomic E-state index is 13.0. The molecule has 0 spiro atoms. The first kappa shape index (κ1) is 19.8. The molecule has 0 saturated carbocycles. The van der Waals surface area contributed by atoms with Crippen LogP contribution in [0.25, 0.3) is 22.4 Å². The predicted octanol–water partition coefficient (Wildman–Crippen LogP) is 2.96. The van der Waals surface area contributed by atoms with Gasteiger partial charge in [-0.15, -0.1) is 0 Å². The van der Waals surface area contributed by atoms with Crippen molar-refractivity contribution in [2.24, 2.45) is 7.05 Å². The van der Waals surface area contributed by atoms with Crippen LogP contribution in [0.1, 0.15) is 28.8 Å². The van der Waals surface area contributed by atoms with Gasteiger partial charge in [0.1, 0.15) is 6.23 Å². The Balaban J connectivity index is 1.48. The van der Waals surface area contributed by atoms with Crippen molar-refractivity contribution >= 4 is 23.4 Å². The van der Waals surface area contributed by atoms with Gasteiger partial charge in [-0.2, -0.15) is 5.10 Å². The molecule has 5 rings (SSSR count). The third-order valence-electron chi connectivity index (χ3n) is 6.05. The first-order valence-electron chi connectivity index (χ1n) is 10.1. The Labute approximate surface area is 184 Å². The highest BCUT2D eigenvalue weighted by Crippen LogP contribution is 2.36. The van der Waals surface area contributed by atoms with Gasteiger partial charge in [0.15, 0.2) is 0 Å². The number of aliphatic hydroxyl groups is 1. The highest BCUT2D eigenvalue weighted by molar-refractivity contribution is 6.30. The summed E-state index contributed by atoms with van der Waals surface area (Å²) in [4.78, 5) is 26.1. The molecule has 0 bridgehead atoms. The Morgan fingerprint density at radius 3 is 2.58 bits per heavy atom. The van der Waals surface area contributed by atoms with Crippen LogP contribution in [-0.2, 0) is 18.4 Å². The summed E-state index contributed by atoms with van der Waals surface area (Å²) in [6.45, 7) is 0.399. The lowest BCUT2D eigenvalue weighted by molar-refractivity contribution is -0.129. The number of piperidine rings is 1. The summed E-state index contributed by atoms with van der Waals surface area (Å²) in [6.07, 6.45) is 1.52. The molecule has 7 nitrogen and oxygen atoms in total. The van der Waals surface area contributed by atoms with Crippen LogP contribution in [0.2, 0.25) is 5.02 Å². The second-order valence-corrected chi connectivity index (χ2v) is 8.40. The Bertz CT molecular complexity index is 1190. The van der Waals surface area contributed by atoms with Gasteiger partial charge >= 0.3 is 0 Å². The van der Waals surface area contributed by atoms with Gasteiger partial charge in [0, 0.05) is 41.7 Å². The summed E-state index contributed by atoms with van der Waals surface area (Å²) in [5.41, 5.74) is 5.41. The molecule has 0 aliphatic carbocycles. The van der Waals surface area contributed by atoms with E-state index in [0.29, 0.717) is 30.0 Å². The highest BCUT2D eigenvalue weighted by atomic mass is 35.5. The van der Waals surface area contributed by atoms with Gasteiger partial charge in [-0.1, -0.05) is 29.8 Å². The van der Waals surface area contributed by atoms with Crippen molar-refractivity contribution in [3.63, 3.8) is 0 Å². The minimum atomic E-state index is -1.05. The molecule has 2 amide bonds. The van der Waals surface area contributed by atoms with Gasteiger partial charge in [0.2, 0.25) is 5.91 Å². The molecule has 3 heterocycles. The summed E-state index contributed by atoms with van der Waals surface area (Å²) >= 11 is 6.04. The fourth-order valence-corrected chi connectivity index (χ4v) is 4.60. The molecule has 31 heavy (non-hydrogen) atoms. The molecule has 2 N–H and O–H groups in total. The van der Waals surface area contributed by atoms with E-state index in [4.69, 9.17) is 11.6 Å². The van der Waals surface area contributed by atoms with Gasteiger partial charge in [0.25, 0.3) is 5.91 Å². The maximum atomic E-state index is 13.0. The lowest BCUT2D eigenvalue weighted by atomic mass is 9.98. The average Bonchev–Trinajstić information content (AvgIpc) is 3.28. The summed E-state index contributed by atoms with van der Waals surface area (Å²) in [5, 5.41) is 17.9. The molecule has 2 aliphatic rings. The Morgan fingerprint density at radius 1 is 1.10 bits per heavy atom. The molecule has 2 unspecified atom stereocenters. The van der Waals surface area contributed by atoms with E-state index in [-0.39, 0.29) is 11.8 Å². The summed E-state index contributed by atoms with van der Waals surface area (Å²) < 4.78 is 1.82. The quantitative estimate of drug-likeness (QED) is 0.660. The lowest BCUT2D eigenvalue weighted by Gasteiger charge is -2.35. The van der Waals surface area contributed by atoms with E-state index in [0.717, 1.165) is 27.9 Å². The number of aryl methyl sites for hydroxylation is 1. The van der Waals surface area contributed by atoms with Gasteiger partial charge in [-0.05, 0) is 41.8 Å². The van der Waals surface area contributed by atoms with Crippen molar-refractivity contribution in [3.8, 4) is 22.4 Å². The third-order valence-corrected chi connectivity index (χ3v) is 6.30. The van der Waals surface area contributed by atoms with Gasteiger partial charge in [-0.25, -0.2) is 0 Å². The van der Waals surface area contributed by atoms with Gasteiger partial charge < -0.3 is 15.3 Å². The van der Waals surface area contributed by atoms with Crippen LogP contribution in [-0.4, -0.2) is 43.9 Å². The number of benzene rings is 2. The lowest BCUT2D eigenvalue weighted by Crippen LogP contribution is -2.55.